The zero-order valence-corrected chi connectivity index (χ0v) is 15.6. The van der Waals surface area contributed by atoms with Gasteiger partial charge in [0.25, 0.3) is 0 Å². The SMILES string of the molecule is Cc1ccc(NCc2ccccc2OCc2c(F)cccc2Cl)cc1C. The van der Waals surface area contributed by atoms with Crippen LogP contribution in [-0.4, -0.2) is 0 Å². The van der Waals surface area contributed by atoms with Gasteiger partial charge >= 0.3 is 0 Å². The fraction of sp³-hybridized carbons (Fsp3) is 0.182. The second kappa shape index (κ2) is 8.24. The highest BCUT2D eigenvalue weighted by molar-refractivity contribution is 6.31. The summed E-state index contributed by atoms with van der Waals surface area (Å²) in [5, 5.41) is 3.78. The summed E-state index contributed by atoms with van der Waals surface area (Å²) in [6.45, 7) is 4.89. The Morgan fingerprint density at radius 3 is 2.54 bits per heavy atom. The van der Waals surface area contributed by atoms with Gasteiger partial charge in [0, 0.05) is 23.4 Å². The van der Waals surface area contributed by atoms with Crippen LogP contribution in [0.1, 0.15) is 22.3 Å². The maximum Gasteiger partial charge on any atom is 0.131 e. The minimum absolute atomic E-state index is 0.0894. The average molecular weight is 370 g/mol. The lowest BCUT2D eigenvalue weighted by atomic mass is 10.1. The highest BCUT2D eigenvalue weighted by Gasteiger charge is 2.09. The molecule has 0 atom stereocenters. The second-order valence-corrected chi connectivity index (χ2v) is 6.66. The molecule has 0 aliphatic carbocycles. The summed E-state index contributed by atoms with van der Waals surface area (Å²) in [6.07, 6.45) is 0. The molecule has 0 heterocycles. The Hall–Kier alpha value is -2.52. The van der Waals surface area contributed by atoms with Gasteiger partial charge in [0.15, 0.2) is 0 Å². The van der Waals surface area contributed by atoms with E-state index in [9.17, 15) is 4.39 Å². The van der Waals surface area contributed by atoms with Crippen LogP contribution in [0.2, 0.25) is 5.02 Å². The van der Waals surface area contributed by atoms with Gasteiger partial charge in [-0.3, -0.25) is 0 Å². The number of anilines is 1. The number of aryl methyl sites for hydroxylation is 2. The summed E-state index contributed by atoms with van der Waals surface area (Å²) < 4.78 is 19.8. The van der Waals surface area contributed by atoms with Gasteiger partial charge in [0.2, 0.25) is 0 Å². The number of para-hydroxylation sites is 1. The molecule has 4 heteroatoms. The first-order chi connectivity index (χ1) is 12.5. The molecule has 0 amide bonds. The van der Waals surface area contributed by atoms with Gasteiger partial charge in [-0.1, -0.05) is 41.9 Å². The van der Waals surface area contributed by atoms with Crippen molar-refractivity contribution in [2.24, 2.45) is 0 Å². The Balaban J connectivity index is 1.71. The van der Waals surface area contributed by atoms with E-state index in [1.54, 1.807) is 12.1 Å². The average Bonchev–Trinajstić information content (AvgIpc) is 2.63. The van der Waals surface area contributed by atoms with Crippen molar-refractivity contribution < 1.29 is 9.13 Å². The van der Waals surface area contributed by atoms with E-state index in [1.807, 2.05) is 24.3 Å². The Kier molecular flexibility index (Phi) is 5.79. The molecule has 0 radical (unpaired) electrons. The Bertz CT molecular complexity index is 890. The van der Waals surface area contributed by atoms with E-state index in [1.165, 1.54) is 17.2 Å². The number of rotatable bonds is 6. The van der Waals surface area contributed by atoms with Crippen molar-refractivity contribution in [3.8, 4) is 5.75 Å². The number of ether oxygens (including phenoxy) is 1. The molecule has 2 nitrogen and oxygen atoms in total. The van der Waals surface area contributed by atoms with Crippen molar-refractivity contribution in [1.82, 2.24) is 0 Å². The lowest BCUT2D eigenvalue weighted by Crippen LogP contribution is -2.05. The zero-order valence-electron chi connectivity index (χ0n) is 14.9. The minimum Gasteiger partial charge on any atom is -0.488 e. The molecule has 3 aromatic carbocycles. The fourth-order valence-corrected chi connectivity index (χ4v) is 2.88. The smallest absolute Gasteiger partial charge is 0.131 e. The molecule has 0 unspecified atom stereocenters. The molecule has 3 rings (SSSR count). The summed E-state index contributed by atoms with van der Waals surface area (Å²) in [5.41, 5.74) is 4.93. The van der Waals surface area contributed by atoms with Crippen LogP contribution in [0.25, 0.3) is 0 Å². The lowest BCUT2D eigenvalue weighted by Gasteiger charge is -2.14. The third-order valence-electron chi connectivity index (χ3n) is 4.40. The van der Waals surface area contributed by atoms with Crippen LogP contribution in [0, 0.1) is 19.7 Å². The van der Waals surface area contributed by atoms with Crippen LogP contribution in [0.4, 0.5) is 10.1 Å². The molecule has 0 saturated carbocycles. The van der Waals surface area contributed by atoms with Crippen LogP contribution in [0.3, 0.4) is 0 Å². The molecule has 26 heavy (non-hydrogen) atoms. The largest absolute Gasteiger partial charge is 0.488 e. The Morgan fingerprint density at radius 2 is 1.77 bits per heavy atom. The van der Waals surface area contributed by atoms with Gasteiger partial charge in [0.1, 0.15) is 18.2 Å². The Morgan fingerprint density at radius 1 is 0.962 bits per heavy atom. The van der Waals surface area contributed by atoms with Crippen molar-refractivity contribution in [2.45, 2.75) is 27.0 Å². The van der Waals surface area contributed by atoms with Crippen molar-refractivity contribution in [3.05, 3.63) is 93.8 Å². The van der Waals surface area contributed by atoms with Crippen LogP contribution in [0.15, 0.2) is 60.7 Å². The van der Waals surface area contributed by atoms with E-state index in [0.29, 0.717) is 22.9 Å². The molecular weight excluding hydrogens is 349 g/mol. The van der Waals surface area contributed by atoms with Crippen molar-refractivity contribution >= 4 is 17.3 Å². The number of benzene rings is 3. The third kappa shape index (κ3) is 4.36. The summed E-state index contributed by atoms with van der Waals surface area (Å²) >= 11 is 6.07. The van der Waals surface area contributed by atoms with Gasteiger partial charge in [-0.25, -0.2) is 4.39 Å². The highest BCUT2D eigenvalue weighted by Crippen LogP contribution is 2.25. The number of hydrogen-bond donors (Lipinski definition) is 1. The quantitative estimate of drug-likeness (QED) is 0.551. The zero-order chi connectivity index (χ0) is 18.5. The molecule has 1 N–H and O–H groups in total. The van der Waals surface area contributed by atoms with Crippen molar-refractivity contribution in [1.29, 1.82) is 0 Å². The molecule has 0 aliphatic heterocycles. The molecule has 0 aliphatic rings. The van der Waals surface area contributed by atoms with E-state index in [0.717, 1.165) is 11.3 Å². The molecular formula is C22H21ClFNO. The van der Waals surface area contributed by atoms with E-state index in [2.05, 4.69) is 37.4 Å². The second-order valence-electron chi connectivity index (χ2n) is 6.25. The molecule has 3 aromatic rings. The molecule has 0 aromatic heterocycles. The highest BCUT2D eigenvalue weighted by atomic mass is 35.5. The number of nitrogens with one attached hydrogen (secondary N) is 1. The first-order valence-corrected chi connectivity index (χ1v) is 8.87. The molecule has 0 bridgehead atoms. The van der Waals surface area contributed by atoms with Crippen LogP contribution < -0.4 is 10.1 Å². The molecule has 0 spiro atoms. The third-order valence-corrected chi connectivity index (χ3v) is 4.75. The van der Waals surface area contributed by atoms with Gasteiger partial charge in [-0.2, -0.15) is 0 Å². The van der Waals surface area contributed by atoms with Crippen molar-refractivity contribution in [2.75, 3.05) is 5.32 Å². The summed E-state index contributed by atoms with van der Waals surface area (Å²) in [6, 6.07) is 18.6. The lowest BCUT2D eigenvalue weighted by molar-refractivity contribution is 0.297. The van der Waals surface area contributed by atoms with Crippen LogP contribution in [-0.2, 0) is 13.2 Å². The number of halogens is 2. The van der Waals surface area contributed by atoms with Gasteiger partial charge in [0.05, 0.1) is 5.02 Å². The minimum atomic E-state index is -0.358. The molecule has 0 saturated heterocycles. The van der Waals surface area contributed by atoms with Crippen molar-refractivity contribution in [3.63, 3.8) is 0 Å². The summed E-state index contributed by atoms with van der Waals surface area (Å²) in [5.74, 6) is 0.353. The number of hydrogen-bond acceptors (Lipinski definition) is 2. The van der Waals surface area contributed by atoms with Gasteiger partial charge in [-0.05, 0) is 55.3 Å². The van der Waals surface area contributed by atoms with Gasteiger partial charge in [-0.15, -0.1) is 0 Å². The normalized spacial score (nSPS) is 10.6. The predicted molar refractivity (Wildman–Crippen MR) is 105 cm³/mol. The fourth-order valence-electron chi connectivity index (χ4n) is 2.66. The molecule has 134 valence electrons. The first kappa shape index (κ1) is 18.3. The van der Waals surface area contributed by atoms with Gasteiger partial charge < -0.3 is 10.1 Å². The molecule has 0 fully saturated rings. The van der Waals surface area contributed by atoms with Crippen LogP contribution in [0.5, 0.6) is 5.75 Å². The van der Waals surface area contributed by atoms with E-state index >= 15 is 0 Å². The predicted octanol–water partition coefficient (Wildman–Crippen LogP) is 6.29. The van der Waals surface area contributed by atoms with E-state index in [-0.39, 0.29) is 12.4 Å². The topological polar surface area (TPSA) is 21.3 Å². The van der Waals surface area contributed by atoms with E-state index < -0.39 is 0 Å². The van der Waals surface area contributed by atoms with Crippen LogP contribution >= 0.6 is 11.6 Å². The maximum absolute atomic E-state index is 13.9. The first-order valence-electron chi connectivity index (χ1n) is 8.49. The standard InChI is InChI=1S/C22H21ClFNO/c1-15-10-11-18(12-16(15)2)25-13-17-6-3-4-9-22(17)26-14-19-20(23)7-5-8-21(19)24/h3-12,25H,13-14H2,1-2H3. The maximum atomic E-state index is 13.9. The Labute approximate surface area is 158 Å². The van der Waals surface area contributed by atoms with E-state index in [4.69, 9.17) is 16.3 Å². The summed E-state index contributed by atoms with van der Waals surface area (Å²) in [4.78, 5) is 0. The summed E-state index contributed by atoms with van der Waals surface area (Å²) in [7, 11) is 0. The monoisotopic (exact) mass is 369 g/mol.